The maximum atomic E-state index is 12.9. The first-order valence-corrected chi connectivity index (χ1v) is 14.9. The van der Waals surface area contributed by atoms with Crippen LogP contribution >= 0.6 is 0 Å². The molecule has 4 atom stereocenters. The lowest BCUT2D eigenvalue weighted by Crippen LogP contribution is -2.36. The Morgan fingerprint density at radius 2 is 1.67 bits per heavy atom. The molecular weight excluding hydrogens is 510 g/mol. The van der Waals surface area contributed by atoms with E-state index in [1.807, 2.05) is 68.4 Å². The summed E-state index contributed by atoms with van der Waals surface area (Å²) in [6, 6.07) is 24.4. The summed E-state index contributed by atoms with van der Waals surface area (Å²) < 4.78 is 28.3. The minimum absolute atomic E-state index is 0.123. The van der Waals surface area contributed by atoms with Crippen LogP contribution in [-0.2, 0) is 22.9 Å². The molecule has 0 saturated heterocycles. The number of sulfonamides is 1. The Bertz CT molecular complexity index is 1340. The summed E-state index contributed by atoms with van der Waals surface area (Å²) in [7, 11) is -3.78. The number of allylic oxidation sites excluding steroid dienone is 1. The SMILES string of the molecule is C=C(N[C@H]1c2ccccc2C[C@H]1O)[C@H](Cc1ccccc1)C[C@H](O)CNS(=O)(=O)c1ccc(NC(C)C)cc1. The second-order valence-electron chi connectivity index (χ2n) is 10.6. The lowest BCUT2D eigenvalue weighted by atomic mass is 9.90. The van der Waals surface area contributed by atoms with Crippen LogP contribution in [0.15, 0.2) is 96.0 Å². The van der Waals surface area contributed by atoms with E-state index in [0.29, 0.717) is 25.0 Å². The molecule has 7 nitrogen and oxygen atoms in total. The van der Waals surface area contributed by atoms with E-state index in [1.165, 1.54) is 0 Å². The lowest BCUT2D eigenvalue weighted by Gasteiger charge is -2.28. The van der Waals surface area contributed by atoms with Crippen LogP contribution in [0.4, 0.5) is 5.69 Å². The van der Waals surface area contributed by atoms with E-state index in [0.717, 1.165) is 22.4 Å². The highest BCUT2D eigenvalue weighted by Gasteiger charge is 2.32. The largest absolute Gasteiger partial charge is 0.392 e. The van der Waals surface area contributed by atoms with Crippen molar-refractivity contribution in [2.24, 2.45) is 5.92 Å². The van der Waals surface area contributed by atoms with Crippen molar-refractivity contribution < 1.29 is 18.6 Å². The molecule has 8 heteroatoms. The Morgan fingerprint density at radius 1 is 1.00 bits per heavy atom. The summed E-state index contributed by atoms with van der Waals surface area (Å²) in [5, 5.41) is 28.3. The van der Waals surface area contributed by atoms with Crippen molar-refractivity contribution in [1.82, 2.24) is 10.0 Å². The average molecular weight is 550 g/mol. The number of aliphatic hydroxyl groups excluding tert-OH is 2. The quantitative estimate of drug-likeness (QED) is 0.219. The third-order valence-electron chi connectivity index (χ3n) is 7.05. The molecule has 0 heterocycles. The van der Waals surface area contributed by atoms with Crippen molar-refractivity contribution in [2.75, 3.05) is 11.9 Å². The van der Waals surface area contributed by atoms with Crippen LogP contribution in [0.25, 0.3) is 0 Å². The fraction of sp³-hybridized carbons (Fsp3) is 0.355. The zero-order valence-corrected chi connectivity index (χ0v) is 23.4. The fourth-order valence-corrected chi connectivity index (χ4v) is 6.15. The van der Waals surface area contributed by atoms with Gasteiger partial charge in [0, 0.05) is 36.3 Å². The van der Waals surface area contributed by atoms with E-state index >= 15 is 0 Å². The van der Waals surface area contributed by atoms with Crippen LogP contribution in [0.5, 0.6) is 0 Å². The second kappa shape index (κ2) is 12.8. The number of hydrogen-bond acceptors (Lipinski definition) is 6. The van der Waals surface area contributed by atoms with Gasteiger partial charge in [0.05, 0.1) is 23.1 Å². The summed E-state index contributed by atoms with van der Waals surface area (Å²) in [6.45, 7) is 8.18. The van der Waals surface area contributed by atoms with E-state index in [4.69, 9.17) is 0 Å². The van der Waals surface area contributed by atoms with E-state index in [-0.39, 0.29) is 29.4 Å². The molecule has 0 aliphatic heterocycles. The van der Waals surface area contributed by atoms with Crippen LogP contribution in [0, 0.1) is 5.92 Å². The maximum absolute atomic E-state index is 12.9. The van der Waals surface area contributed by atoms with Gasteiger partial charge in [-0.1, -0.05) is 61.2 Å². The zero-order valence-electron chi connectivity index (χ0n) is 22.5. The minimum atomic E-state index is -3.78. The number of nitrogens with one attached hydrogen (secondary N) is 3. The Labute approximate surface area is 232 Å². The van der Waals surface area contributed by atoms with Gasteiger partial charge in [-0.3, -0.25) is 0 Å². The normalized spacial score (nSPS) is 18.4. The molecule has 0 bridgehead atoms. The van der Waals surface area contributed by atoms with Gasteiger partial charge < -0.3 is 20.8 Å². The lowest BCUT2D eigenvalue weighted by molar-refractivity contribution is 0.136. The molecule has 1 aliphatic rings. The monoisotopic (exact) mass is 549 g/mol. The standard InChI is InChI=1S/C31H39N3O4S/c1-21(2)33-26-13-15-28(16-14-26)39(37,38)32-20-27(35)18-25(17-23-9-5-4-6-10-23)22(3)34-31-29-12-8-7-11-24(29)19-30(31)36/h4-16,21,25,27,30-36H,3,17-20H2,1-2H3/t25-,27+,30-,31+/m1/s1. The molecule has 0 aromatic heterocycles. The summed E-state index contributed by atoms with van der Waals surface area (Å²) in [5.41, 5.74) is 4.79. The van der Waals surface area contributed by atoms with Gasteiger partial charge >= 0.3 is 0 Å². The summed E-state index contributed by atoms with van der Waals surface area (Å²) in [5.74, 6) is -0.187. The number of benzene rings is 3. The number of fused-ring (bicyclic) bond motifs is 1. The van der Waals surface area contributed by atoms with E-state index in [9.17, 15) is 18.6 Å². The number of rotatable bonds is 13. The molecule has 3 aromatic rings. The third kappa shape index (κ3) is 7.70. The van der Waals surface area contributed by atoms with Gasteiger partial charge in [0.2, 0.25) is 10.0 Å². The summed E-state index contributed by atoms with van der Waals surface area (Å²) in [4.78, 5) is 0.143. The van der Waals surface area contributed by atoms with Gasteiger partial charge in [-0.25, -0.2) is 13.1 Å². The smallest absolute Gasteiger partial charge is 0.240 e. The van der Waals surface area contributed by atoms with Gasteiger partial charge in [0.1, 0.15) is 0 Å². The third-order valence-corrected chi connectivity index (χ3v) is 8.49. The molecule has 0 saturated carbocycles. The number of anilines is 1. The molecular formula is C31H39N3O4S. The van der Waals surface area contributed by atoms with Gasteiger partial charge in [-0.15, -0.1) is 0 Å². The van der Waals surface area contributed by atoms with Crippen molar-refractivity contribution in [1.29, 1.82) is 0 Å². The molecule has 3 aromatic carbocycles. The van der Waals surface area contributed by atoms with Crippen LogP contribution in [0.2, 0.25) is 0 Å². The first-order valence-electron chi connectivity index (χ1n) is 13.4. The van der Waals surface area contributed by atoms with Crippen molar-refractivity contribution >= 4 is 15.7 Å². The molecule has 0 amide bonds. The topological polar surface area (TPSA) is 111 Å². The Morgan fingerprint density at radius 3 is 2.36 bits per heavy atom. The van der Waals surface area contributed by atoms with E-state index < -0.39 is 22.2 Å². The van der Waals surface area contributed by atoms with E-state index in [2.05, 4.69) is 21.9 Å². The second-order valence-corrected chi connectivity index (χ2v) is 12.3. The van der Waals surface area contributed by atoms with Crippen LogP contribution < -0.4 is 15.4 Å². The number of aliphatic hydroxyl groups is 2. The maximum Gasteiger partial charge on any atom is 0.240 e. The summed E-state index contributed by atoms with van der Waals surface area (Å²) in [6.07, 6.45) is -0.0235. The van der Waals surface area contributed by atoms with Crippen LogP contribution in [-0.4, -0.2) is 43.4 Å². The van der Waals surface area contributed by atoms with Crippen molar-refractivity contribution in [3.05, 3.63) is 108 Å². The summed E-state index contributed by atoms with van der Waals surface area (Å²) >= 11 is 0. The van der Waals surface area contributed by atoms with Crippen molar-refractivity contribution in [3.63, 3.8) is 0 Å². The Balaban J connectivity index is 1.42. The molecule has 0 spiro atoms. The minimum Gasteiger partial charge on any atom is -0.392 e. The van der Waals surface area contributed by atoms with Crippen LogP contribution in [0.3, 0.4) is 0 Å². The highest BCUT2D eigenvalue weighted by Crippen LogP contribution is 2.33. The zero-order chi connectivity index (χ0) is 28.0. The highest BCUT2D eigenvalue weighted by molar-refractivity contribution is 7.89. The van der Waals surface area contributed by atoms with E-state index in [1.54, 1.807) is 24.3 Å². The van der Waals surface area contributed by atoms with Gasteiger partial charge in [0.25, 0.3) is 0 Å². The van der Waals surface area contributed by atoms with Crippen molar-refractivity contribution in [2.45, 2.75) is 62.3 Å². The average Bonchev–Trinajstić information content (AvgIpc) is 3.22. The van der Waals surface area contributed by atoms with Crippen LogP contribution in [0.1, 0.15) is 43.0 Å². The predicted molar refractivity (Wildman–Crippen MR) is 156 cm³/mol. The molecule has 5 N–H and O–H groups in total. The van der Waals surface area contributed by atoms with Gasteiger partial charge in [-0.2, -0.15) is 0 Å². The predicted octanol–water partition coefficient (Wildman–Crippen LogP) is 4.16. The molecule has 208 valence electrons. The Kier molecular flexibility index (Phi) is 9.45. The van der Waals surface area contributed by atoms with Gasteiger partial charge in [-0.05, 0) is 67.6 Å². The first kappa shape index (κ1) is 28.8. The Hall–Kier alpha value is -3.17. The molecule has 1 aliphatic carbocycles. The fourth-order valence-electron chi connectivity index (χ4n) is 5.08. The molecule has 4 rings (SSSR count). The molecule has 0 radical (unpaired) electrons. The molecule has 0 fully saturated rings. The molecule has 0 unspecified atom stereocenters. The van der Waals surface area contributed by atoms with Crippen molar-refractivity contribution in [3.8, 4) is 0 Å². The number of hydrogen-bond donors (Lipinski definition) is 5. The van der Waals surface area contributed by atoms with Gasteiger partial charge in [0.15, 0.2) is 0 Å². The molecule has 39 heavy (non-hydrogen) atoms. The first-order chi connectivity index (χ1) is 18.6. The highest BCUT2D eigenvalue weighted by atomic mass is 32.2.